The summed E-state index contributed by atoms with van der Waals surface area (Å²) >= 11 is 1.61. The van der Waals surface area contributed by atoms with Gasteiger partial charge in [-0.3, -0.25) is 4.99 Å². The molecule has 7 heteroatoms. The molecule has 0 saturated heterocycles. The Morgan fingerprint density at radius 2 is 2.00 bits per heavy atom. The minimum Gasteiger partial charge on any atom is -0.326 e. The molecule has 0 radical (unpaired) electrons. The van der Waals surface area contributed by atoms with Crippen LogP contribution in [0.4, 0.5) is 0 Å². The van der Waals surface area contributed by atoms with Gasteiger partial charge in [-0.1, -0.05) is 30.3 Å². The van der Waals surface area contributed by atoms with E-state index in [-0.39, 0.29) is 0 Å². The normalized spacial score (nSPS) is 13.4. The zero-order chi connectivity index (χ0) is 19.1. The number of hydrogen-bond donors (Lipinski definition) is 1. The molecule has 138 valence electrons. The number of amidine groups is 1. The Morgan fingerprint density at radius 1 is 1.14 bits per heavy atom. The fourth-order valence-corrected chi connectivity index (χ4v) is 4.53. The predicted molar refractivity (Wildman–Crippen MR) is 114 cm³/mol. The lowest BCUT2D eigenvalue weighted by atomic mass is 10.1. The number of nitrogens with zero attached hydrogens (tertiary/aromatic N) is 5. The second kappa shape index (κ2) is 6.78. The largest absolute Gasteiger partial charge is 0.326 e. The smallest absolute Gasteiger partial charge is 0.167 e. The number of hydrogen-bond acceptors (Lipinski definition) is 6. The van der Waals surface area contributed by atoms with Gasteiger partial charge in [0.25, 0.3) is 0 Å². The van der Waals surface area contributed by atoms with Gasteiger partial charge < -0.3 is 5.73 Å². The Balaban J connectivity index is 1.71. The van der Waals surface area contributed by atoms with Crippen molar-refractivity contribution in [1.82, 2.24) is 14.6 Å². The molecule has 1 aromatic carbocycles. The van der Waals surface area contributed by atoms with E-state index in [2.05, 4.69) is 33.3 Å². The number of nitrogens with two attached hydrogens (primary N) is 1. The number of aliphatic imine (C=N–C) groups is 2. The van der Waals surface area contributed by atoms with Gasteiger partial charge in [0.1, 0.15) is 5.01 Å². The van der Waals surface area contributed by atoms with Gasteiger partial charge in [-0.2, -0.15) is 5.10 Å². The minimum atomic E-state index is 0.522. The molecular weight excluding hydrogens is 368 g/mol. The molecule has 3 aromatic heterocycles. The molecular formula is C21H18N6S. The molecule has 0 amide bonds. The zero-order valence-electron chi connectivity index (χ0n) is 15.3. The van der Waals surface area contributed by atoms with Crippen LogP contribution in [-0.4, -0.2) is 33.2 Å². The van der Waals surface area contributed by atoms with Gasteiger partial charge in [-0.25, -0.2) is 14.5 Å². The predicted octanol–water partition coefficient (Wildman–Crippen LogP) is 3.72. The van der Waals surface area contributed by atoms with Crippen LogP contribution in [0.15, 0.2) is 58.6 Å². The lowest BCUT2D eigenvalue weighted by Gasteiger charge is -2.02. The Hall–Kier alpha value is -3.16. The molecule has 0 unspecified atom stereocenters. The number of aryl methyl sites for hydroxylation is 1. The van der Waals surface area contributed by atoms with E-state index in [1.54, 1.807) is 11.3 Å². The molecule has 0 atom stereocenters. The van der Waals surface area contributed by atoms with Gasteiger partial charge in [0.15, 0.2) is 5.84 Å². The van der Waals surface area contributed by atoms with E-state index in [1.165, 1.54) is 0 Å². The summed E-state index contributed by atoms with van der Waals surface area (Å²) in [5, 5.41) is 5.56. The number of rotatable bonds is 4. The maximum atomic E-state index is 5.74. The van der Waals surface area contributed by atoms with E-state index in [4.69, 9.17) is 10.7 Å². The highest BCUT2D eigenvalue weighted by atomic mass is 32.1. The molecule has 1 aliphatic heterocycles. The summed E-state index contributed by atoms with van der Waals surface area (Å²) < 4.78 is 1.90. The summed E-state index contributed by atoms with van der Waals surface area (Å²) in [6, 6.07) is 14.3. The van der Waals surface area contributed by atoms with Crippen molar-refractivity contribution >= 4 is 28.9 Å². The first-order valence-corrected chi connectivity index (χ1v) is 9.88. The van der Waals surface area contributed by atoms with Crippen molar-refractivity contribution in [2.45, 2.75) is 13.5 Å². The van der Waals surface area contributed by atoms with Gasteiger partial charge in [0, 0.05) is 24.5 Å². The van der Waals surface area contributed by atoms with Crippen LogP contribution in [0.3, 0.4) is 0 Å². The first-order valence-electron chi connectivity index (χ1n) is 9.06. The minimum absolute atomic E-state index is 0.522. The molecule has 0 fully saturated rings. The molecule has 0 saturated carbocycles. The summed E-state index contributed by atoms with van der Waals surface area (Å²) in [7, 11) is 0. The molecule has 0 aliphatic carbocycles. The van der Waals surface area contributed by atoms with Crippen LogP contribution in [0.1, 0.15) is 16.1 Å². The maximum absolute atomic E-state index is 5.74. The van der Waals surface area contributed by atoms with Crippen LogP contribution in [0, 0.1) is 6.92 Å². The third-order valence-corrected chi connectivity index (χ3v) is 5.83. The molecule has 2 N–H and O–H groups in total. The third kappa shape index (κ3) is 2.76. The monoisotopic (exact) mass is 386 g/mol. The molecule has 0 bridgehead atoms. The van der Waals surface area contributed by atoms with Gasteiger partial charge in [0.2, 0.25) is 0 Å². The molecule has 4 aromatic rings. The maximum Gasteiger partial charge on any atom is 0.167 e. The quantitative estimate of drug-likeness (QED) is 0.580. The standard InChI is InChI=1S/C21H18N6S/c1-13-17(16-4-2-3-11-27(16)26-13)21-25-18(15-7-5-14(12-22)6-8-15)19(28-21)20-23-9-10-24-20/h2-9,11H,10,12,22H2,1H3. The number of pyridine rings is 1. The molecule has 28 heavy (non-hydrogen) atoms. The van der Waals surface area contributed by atoms with Crippen molar-refractivity contribution in [2.75, 3.05) is 6.54 Å². The average molecular weight is 386 g/mol. The van der Waals surface area contributed by atoms with Gasteiger partial charge in [-0.15, -0.1) is 11.3 Å². The van der Waals surface area contributed by atoms with E-state index < -0.39 is 0 Å². The number of fused-ring (bicyclic) bond motifs is 1. The second-order valence-electron chi connectivity index (χ2n) is 6.56. The summed E-state index contributed by atoms with van der Waals surface area (Å²) in [4.78, 5) is 15.0. The first kappa shape index (κ1) is 17.0. The molecule has 6 nitrogen and oxygen atoms in total. The number of aromatic nitrogens is 3. The third-order valence-electron chi connectivity index (χ3n) is 4.76. The van der Waals surface area contributed by atoms with Crippen LogP contribution in [-0.2, 0) is 6.54 Å². The zero-order valence-corrected chi connectivity index (χ0v) is 16.1. The first-order chi connectivity index (χ1) is 13.7. The lowest BCUT2D eigenvalue weighted by Crippen LogP contribution is -1.97. The highest BCUT2D eigenvalue weighted by Gasteiger charge is 2.22. The SMILES string of the molecule is Cc1nn2ccccc2c1-c1nc(-c2ccc(CN)cc2)c(C2=NCC=N2)s1. The van der Waals surface area contributed by atoms with E-state index in [1.807, 2.05) is 48.1 Å². The van der Waals surface area contributed by atoms with Gasteiger partial charge in [0.05, 0.1) is 33.9 Å². The Bertz CT molecular complexity index is 1230. The van der Waals surface area contributed by atoms with Gasteiger partial charge in [-0.05, 0) is 24.6 Å². The van der Waals surface area contributed by atoms with E-state index in [0.29, 0.717) is 13.1 Å². The molecule has 1 aliphatic rings. The fourth-order valence-electron chi connectivity index (χ4n) is 3.38. The number of benzene rings is 1. The lowest BCUT2D eigenvalue weighted by molar-refractivity contribution is 0.934. The summed E-state index contributed by atoms with van der Waals surface area (Å²) in [5.41, 5.74) is 11.8. The van der Waals surface area contributed by atoms with Crippen molar-refractivity contribution in [3.8, 4) is 21.8 Å². The van der Waals surface area contributed by atoms with Crippen molar-refractivity contribution in [3.05, 3.63) is 64.8 Å². The summed E-state index contributed by atoms with van der Waals surface area (Å²) in [6.45, 7) is 3.16. The van der Waals surface area contributed by atoms with E-state index >= 15 is 0 Å². The van der Waals surface area contributed by atoms with Crippen molar-refractivity contribution in [2.24, 2.45) is 15.7 Å². The Morgan fingerprint density at radius 3 is 2.75 bits per heavy atom. The van der Waals surface area contributed by atoms with Crippen LogP contribution in [0.25, 0.3) is 27.3 Å². The second-order valence-corrected chi connectivity index (χ2v) is 7.56. The Kier molecular flexibility index (Phi) is 4.11. The average Bonchev–Trinajstić information content (AvgIpc) is 3.45. The molecule has 0 spiro atoms. The topological polar surface area (TPSA) is 80.9 Å². The van der Waals surface area contributed by atoms with Crippen molar-refractivity contribution < 1.29 is 0 Å². The van der Waals surface area contributed by atoms with Crippen LogP contribution in [0.2, 0.25) is 0 Å². The van der Waals surface area contributed by atoms with Crippen LogP contribution in [0.5, 0.6) is 0 Å². The fraction of sp³-hybridized carbons (Fsp3) is 0.143. The van der Waals surface area contributed by atoms with Crippen LogP contribution >= 0.6 is 11.3 Å². The summed E-state index contributed by atoms with van der Waals surface area (Å²) in [5.74, 6) is 0.746. The molecule has 5 rings (SSSR count). The van der Waals surface area contributed by atoms with Crippen molar-refractivity contribution in [1.29, 1.82) is 0 Å². The van der Waals surface area contributed by atoms with E-state index in [0.717, 1.165) is 49.3 Å². The Labute approximate surface area is 166 Å². The van der Waals surface area contributed by atoms with Crippen LogP contribution < -0.4 is 5.73 Å². The van der Waals surface area contributed by atoms with Crippen molar-refractivity contribution in [3.63, 3.8) is 0 Å². The number of thiazole rings is 1. The highest BCUT2D eigenvalue weighted by Crippen LogP contribution is 2.38. The van der Waals surface area contributed by atoms with E-state index in [9.17, 15) is 0 Å². The van der Waals surface area contributed by atoms with Gasteiger partial charge >= 0.3 is 0 Å². The highest BCUT2D eigenvalue weighted by molar-refractivity contribution is 7.17. The summed E-state index contributed by atoms with van der Waals surface area (Å²) in [6.07, 6.45) is 3.79. The molecule has 4 heterocycles.